The molecule has 0 unspecified atom stereocenters. The van der Waals surface area contributed by atoms with Crippen LogP contribution < -0.4 is 5.32 Å². The van der Waals surface area contributed by atoms with Gasteiger partial charge in [0.25, 0.3) is 0 Å². The van der Waals surface area contributed by atoms with Gasteiger partial charge in [0, 0.05) is 18.1 Å². The highest BCUT2D eigenvalue weighted by molar-refractivity contribution is 7.98. The van der Waals surface area contributed by atoms with Crippen molar-refractivity contribution >= 4 is 23.5 Å². The molecule has 0 fully saturated rings. The van der Waals surface area contributed by atoms with E-state index < -0.39 is 0 Å². The molecule has 2 aromatic rings. The summed E-state index contributed by atoms with van der Waals surface area (Å²) in [6, 6.07) is 9.29. The van der Waals surface area contributed by atoms with Gasteiger partial charge in [0.15, 0.2) is 0 Å². The number of thioether (sulfide) groups is 1. The molecule has 1 atom stereocenters. The molecule has 106 valence electrons. The van der Waals surface area contributed by atoms with Crippen LogP contribution >= 0.6 is 11.8 Å². The Morgan fingerprint density at radius 3 is 2.75 bits per heavy atom. The van der Waals surface area contributed by atoms with E-state index in [9.17, 15) is 4.79 Å². The predicted molar refractivity (Wildman–Crippen MR) is 84.1 cm³/mol. The van der Waals surface area contributed by atoms with Gasteiger partial charge >= 0.3 is 0 Å². The second-order valence-corrected chi connectivity index (χ2v) is 5.57. The van der Waals surface area contributed by atoms with Crippen molar-refractivity contribution in [3.63, 3.8) is 0 Å². The number of nitrogens with zero attached hydrogens (tertiary/aromatic N) is 2. The van der Waals surface area contributed by atoms with Gasteiger partial charge in [-0.15, -0.1) is 0 Å². The van der Waals surface area contributed by atoms with E-state index in [0.29, 0.717) is 5.82 Å². The lowest BCUT2D eigenvalue weighted by molar-refractivity contribution is -0.119. The van der Waals surface area contributed by atoms with E-state index in [-0.39, 0.29) is 11.9 Å². The van der Waals surface area contributed by atoms with Crippen LogP contribution in [-0.2, 0) is 4.79 Å². The zero-order valence-corrected chi connectivity index (χ0v) is 12.6. The van der Waals surface area contributed by atoms with Crippen molar-refractivity contribution < 1.29 is 4.79 Å². The van der Waals surface area contributed by atoms with Crippen molar-refractivity contribution in [2.75, 3.05) is 17.3 Å². The van der Waals surface area contributed by atoms with Crippen LogP contribution in [0.1, 0.15) is 18.2 Å². The summed E-state index contributed by atoms with van der Waals surface area (Å²) >= 11 is 1.74. The molecule has 2 heterocycles. The summed E-state index contributed by atoms with van der Waals surface area (Å²) < 4.78 is 1.95. The maximum absolute atomic E-state index is 12.4. The standard InChI is InChI=1S/C15H19N3OS/c1-12-6-5-7-14(16-12)17-15(19)13(8-11-20-2)18-9-3-4-10-18/h3-7,9-10,13H,8,11H2,1-2H3,(H,16,17,19)/t13-/m0/s1. The average Bonchev–Trinajstić information content (AvgIpc) is 2.93. The number of aryl methyl sites for hydroxylation is 1. The lowest BCUT2D eigenvalue weighted by atomic mass is 10.2. The number of pyridine rings is 1. The molecule has 0 saturated heterocycles. The van der Waals surface area contributed by atoms with Gasteiger partial charge in [-0.2, -0.15) is 11.8 Å². The van der Waals surface area contributed by atoms with Gasteiger partial charge in [-0.25, -0.2) is 4.98 Å². The van der Waals surface area contributed by atoms with Crippen LogP contribution in [0.25, 0.3) is 0 Å². The Hall–Kier alpha value is -1.75. The SMILES string of the molecule is CSCC[C@@H](C(=O)Nc1cccc(C)n1)n1cccc1. The Balaban J connectivity index is 2.10. The first kappa shape index (κ1) is 14.7. The van der Waals surface area contributed by atoms with Gasteiger partial charge in [-0.3, -0.25) is 4.79 Å². The van der Waals surface area contributed by atoms with Crippen molar-refractivity contribution in [1.29, 1.82) is 0 Å². The third-order valence-electron chi connectivity index (χ3n) is 3.03. The Kier molecular flexibility index (Phi) is 5.24. The number of hydrogen-bond donors (Lipinski definition) is 1. The van der Waals surface area contributed by atoms with Crippen molar-refractivity contribution in [2.24, 2.45) is 0 Å². The van der Waals surface area contributed by atoms with E-state index in [2.05, 4.69) is 10.3 Å². The molecule has 1 N–H and O–H groups in total. The molecule has 20 heavy (non-hydrogen) atoms. The van der Waals surface area contributed by atoms with Crippen molar-refractivity contribution in [3.8, 4) is 0 Å². The molecule has 0 spiro atoms. The number of carbonyl (C=O) groups excluding carboxylic acids is 1. The summed E-state index contributed by atoms with van der Waals surface area (Å²) in [6.45, 7) is 1.91. The number of rotatable bonds is 6. The average molecular weight is 289 g/mol. The second kappa shape index (κ2) is 7.14. The Labute approximate surface area is 123 Å². The molecule has 0 aromatic carbocycles. The van der Waals surface area contributed by atoms with E-state index in [4.69, 9.17) is 0 Å². The molecule has 0 bridgehead atoms. The summed E-state index contributed by atoms with van der Waals surface area (Å²) in [5.74, 6) is 1.53. The van der Waals surface area contributed by atoms with Gasteiger partial charge in [0.1, 0.15) is 11.9 Å². The quantitative estimate of drug-likeness (QED) is 0.888. The van der Waals surface area contributed by atoms with Gasteiger partial charge < -0.3 is 9.88 Å². The third kappa shape index (κ3) is 3.87. The van der Waals surface area contributed by atoms with Gasteiger partial charge in [-0.1, -0.05) is 6.07 Å². The zero-order valence-electron chi connectivity index (χ0n) is 11.7. The normalized spacial score (nSPS) is 12.1. The van der Waals surface area contributed by atoms with E-state index in [0.717, 1.165) is 17.9 Å². The second-order valence-electron chi connectivity index (χ2n) is 4.58. The maximum atomic E-state index is 12.4. The summed E-state index contributed by atoms with van der Waals surface area (Å²) in [4.78, 5) is 16.8. The summed E-state index contributed by atoms with van der Waals surface area (Å²) in [5.41, 5.74) is 0.893. The lowest BCUT2D eigenvalue weighted by Crippen LogP contribution is -2.26. The number of anilines is 1. The van der Waals surface area contributed by atoms with E-state index in [1.54, 1.807) is 11.8 Å². The Bertz CT molecular complexity index is 554. The number of nitrogens with one attached hydrogen (secondary N) is 1. The van der Waals surface area contributed by atoms with Gasteiger partial charge in [0.2, 0.25) is 5.91 Å². The zero-order chi connectivity index (χ0) is 14.4. The van der Waals surface area contributed by atoms with Gasteiger partial charge in [0.05, 0.1) is 0 Å². The van der Waals surface area contributed by atoms with Crippen LogP contribution in [0.5, 0.6) is 0 Å². The largest absolute Gasteiger partial charge is 0.342 e. The maximum Gasteiger partial charge on any atom is 0.248 e. The molecule has 2 rings (SSSR count). The van der Waals surface area contributed by atoms with Crippen molar-refractivity contribution in [2.45, 2.75) is 19.4 Å². The molecule has 1 amide bonds. The highest BCUT2D eigenvalue weighted by Gasteiger charge is 2.19. The van der Waals surface area contributed by atoms with Crippen LogP contribution in [0.3, 0.4) is 0 Å². The van der Waals surface area contributed by atoms with E-state index in [1.807, 2.05) is 60.5 Å². The van der Waals surface area contributed by atoms with Crippen molar-refractivity contribution in [3.05, 3.63) is 48.4 Å². The van der Waals surface area contributed by atoms with Crippen LogP contribution in [0.4, 0.5) is 5.82 Å². The van der Waals surface area contributed by atoms with E-state index >= 15 is 0 Å². The van der Waals surface area contributed by atoms with Gasteiger partial charge in [-0.05, 0) is 49.6 Å². The predicted octanol–water partition coefficient (Wildman–Crippen LogP) is 3.12. The Morgan fingerprint density at radius 2 is 2.10 bits per heavy atom. The van der Waals surface area contributed by atoms with Crippen LogP contribution in [0.15, 0.2) is 42.7 Å². The number of amides is 1. The molecule has 4 nitrogen and oxygen atoms in total. The highest BCUT2D eigenvalue weighted by Crippen LogP contribution is 2.17. The summed E-state index contributed by atoms with van der Waals surface area (Å²) in [7, 11) is 0. The minimum Gasteiger partial charge on any atom is -0.342 e. The van der Waals surface area contributed by atoms with Crippen LogP contribution in [0.2, 0.25) is 0 Å². The number of carbonyl (C=O) groups is 1. The van der Waals surface area contributed by atoms with Crippen LogP contribution in [0, 0.1) is 6.92 Å². The summed E-state index contributed by atoms with van der Waals surface area (Å²) in [5, 5.41) is 2.90. The van der Waals surface area contributed by atoms with Crippen molar-refractivity contribution in [1.82, 2.24) is 9.55 Å². The third-order valence-corrected chi connectivity index (χ3v) is 3.67. The molecule has 0 saturated carbocycles. The van der Waals surface area contributed by atoms with Crippen LogP contribution in [-0.4, -0.2) is 27.5 Å². The smallest absolute Gasteiger partial charge is 0.248 e. The van der Waals surface area contributed by atoms with E-state index in [1.165, 1.54) is 0 Å². The highest BCUT2D eigenvalue weighted by atomic mass is 32.2. The first-order valence-electron chi connectivity index (χ1n) is 6.56. The fourth-order valence-corrected chi connectivity index (χ4v) is 2.48. The molecule has 0 aliphatic heterocycles. The monoisotopic (exact) mass is 289 g/mol. The minimum atomic E-state index is -0.195. The first-order chi connectivity index (χ1) is 9.70. The first-order valence-corrected chi connectivity index (χ1v) is 7.96. The summed E-state index contributed by atoms with van der Waals surface area (Å²) in [6.07, 6.45) is 6.70. The lowest BCUT2D eigenvalue weighted by Gasteiger charge is -2.18. The molecule has 0 aliphatic carbocycles. The molecular weight excluding hydrogens is 270 g/mol. The topological polar surface area (TPSA) is 46.9 Å². The fourth-order valence-electron chi connectivity index (χ4n) is 2.02. The number of hydrogen-bond acceptors (Lipinski definition) is 3. The number of aromatic nitrogens is 2. The molecular formula is C15H19N3OS. The Morgan fingerprint density at radius 1 is 1.35 bits per heavy atom. The molecule has 0 aliphatic rings. The molecule has 2 aromatic heterocycles. The molecule has 5 heteroatoms. The fraction of sp³-hybridized carbons (Fsp3) is 0.333. The molecule has 0 radical (unpaired) electrons. The minimum absolute atomic E-state index is 0.0200.